The zero-order chi connectivity index (χ0) is 11.9. The van der Waals surface area contributed by atoms with Crippen LogP contribution in [0.4, 0.5) is 0 Å². The van der Waals surface area contributed by atoms with Crippen molar-refractivity contribution in [1.29, 1.82) is 0 Å². The van der Waals surface area contributed by atoms with Gasteiger partial charge in [0.2, 0.25) is 0 Å². The maximum absolute atomic E-state index is 8.37. The number of azide groups is 1. The zero-order valence-corrected chi connectivity index (χ0v) is 9.70. The fourth-order valence-electron chi connectivity index (χ4n) is 2.01. The van der Waals surface area contributed by atoms with Gasteiger partial charge in [-0.2, -0.15) is 0 Å². The fourth-order valence-corrected chi connectivity index (χ4v) is 2.01. The first-order valence-electron chi connectivity index (χ1n) is 5.76. The number of nitrogens with zero attached hydrogens (tertiary/aromatic N) is 4. The van der Waals surface area contributed by atoms with Gasteiger partial charge < -0.3 is 4.74 Å². The lowest BCUT2D eigenvalue weighted by Crippen LogP contribution is -2.46. The average Bonchev–Trinajstić information content (AvgIpc) is 2.39. The van der Waals surface area contributed by atoms with Crippen LogP contribution in [-0.2, 0) is 11.3 Å². The minimum absolute atomic E-state index is 0.194. The Labute approximate surface area is 101 Å². The van der Waals surface area contributed by atoms with Gasteiger partial charge in [0.05, 0.1) is 13.2 Å². The molecular formula is C12H16N4O. The van der Waals surface area contributed by atoms with Crippen LogP contribution in [0.3, 0.4) is 0 Å². The molecule has 0 radical (unpaired) electrons. The highest BCUT2D eigenvalue weighted by Crippen LogP contribution is 2.12. The molecule has 5 heteroatoms. The van der Waals surface area contributed by atoms with Crippen molar-refractivity contribution in [2.24, 2.45) is 5.11 Å². The SMILES string of the molecule is [N-]=[N+]=NCC1COCCN1Cc1ccccc1. The predicted molar refractivity (Wildman–Crippen MR) is 65.5 cm³/mol. The van der Waals surface area contributed by atoms with Crippen LogP contribution in [0.1, 0.15) is 5.56 Å². The number of hydrogen-bond donors (Lipinski definition) is 0. The third-order valence-corrected chi connectivity index (χ3v) is 2.93. The summed E-state index contributed by atoms with van der Waals surface area (Å²) in [5.74, 6) is 0. The van der Waals surface area contributed by atoms with Gasteiger partial charge in [-0.15, -0.1) is 0 Å². The molecule has 90 valence electrons. The second kappa shape index (κ2) is 6.25. The molecule has 0 bridgehead atoms. The first kappa shape index (κ1) is 11.9. The van der Waals surface area contributed by atoms with E-state index in [0.29, 0.717) is 13.2 Å². The summed E-state index contributed by atoms with van der Waals surface area (Å²) in [5.41, 5.74) is 9.65. The minimum Gasteiger partial charge on any atom is -0.378 e. The van der Waals surface area contributed by atoms with Crippen molar-refractivity contribution in [1.82, 2.24) is 4.90 Å². The van der Waals surface area contributed by atoms with E-state index in [9.17, 15) is 0 Å². The summed E-state index contributed by atoms with van der Waals surface area (Å²) >= 11 is 0. The van der Waals surface area contributed by atoms with E-state index in [-0.39, 0.29) is 6.04 Å². The number of morpholine rings is 1. The van der Waals surface area contributed by atoms with Gasteiger partial charge in [-0.05, 0) is 11.1 Å². The summed E-state index contributed by atoms with van der Waals surface area (Å²) in [7, 11) is 0. The highest BCUT2D eigenvalue weighted by atomic mass is 16.5. The van der Waals surface area contributed by atoms with Gasteiger partial charge >= 0.3 is 0 Å². The molecule has 0 saturated carbocycles. The second-order valence-electron chi connectivity index (χ2n) is 4.10. The third-order valence-electron chi connectivity index (χ3n) is 2.93. The van der Waals surface area contributed by atoms with Gasteiger partial charge in [0.25, 0.3) is 0 Å². The molecule has 5 nitrogen and oxygen atoms in total. The first-order valence-corrected chi connectivity index (χ1v) is 5.76. The van der Waals surface area contributed by atoms with Gasteiger partial charge in [0, 0.05) is 30.6 Å². The molecule has 1 aliphatic heterocycles. The molecule has 0 N–H and O–H groups in total. The first-order chi connectivity index (χ1) is 8.40. The monoisotopic (exact) mass is 232 g/mol. The van der Waals surface area contributed by atoms with Crippen molar-refractivity contribution < 1.29 is 4.74 Å². The lowest BCUT2D eigenvalue weighted by Gasteiger charge is -2.34. The molecule has 1 aromatic rings. The Morgan fingerprint density at radius 3 is 3.00 bits per heavy atom. The predicted octanol–water partition coefficient (Wildman–Crippen LogP) is 2.20. The molecule has 1 aromatic carbocycles. The zero-order valence-electron chi connectivity index (χ0n) is 9.70. The Morgan fingerprint density at radius 2 is 2.24 bits per heavy atom. The summed E-state index contributed by atoms with van der Waals surface area (Å²) in [6.45, 7) is 3.64. The summed E-state index contributed by atoms with van der Waals surface area (Å²) in [6.07, 6.45) is 0. The molecule has 0 aromatic heterocycles. The summed E-state index contributed by atoms with van der Waals surface area (Å²) in [6, 6.07) is 10.5. The maximum Gasteiger partial charge on any atom is 0.0623 e. The Hall–Kier alpha value is -1.55. The van der Waals surface area contributed by atoms with E-state index in [1.165, 1.54) is 5.56 Å². The van der Waals surface area contributed by atoms with Crippen LogP contribution in [0.25, 0.3) is 10.4 Å². The van der Waals surface area contributed by atoms with Crippen molar-refractivity contribution in [2.45, 2.75) is 12.6 Å². The van der Waals surface area contributed by atoms with Crippen LogP contribution >= 0.6 is 0 Å². The molecule has 0 aliphatic carbocycles. The molecule has 17 heavy (non-hydrogen) atoms. The smallest absolute Gasteiger partial charge is 0.0623 e. The Morgan fingerprint density at radius 1 is 1.41 bits per heavy atom. The number of benzene rings is 1. The van der Waals surface area contributed by atoms with Crippen LogP contribution < -0.4 is 0 Å². The van der Waals surface area contributed by atoms with Crippen molar-refractivity contribution in [3.8, 4) is 0 Å². The van der Waals surface area contributed by atoms with Crippen LogP contribution in [0, 0.1) is 0 Å². The number of rotatable bonds is 4. The van der Waals surface area contributed by atoms with E-state index in [0.717, 1.165) is 19.7 Å². The van der Waals surface area contributed by atoms with E-state index in [1.54, 1.807) is 0 Å². The third kappa shape index (κ3) is 3.46. The van der Waals surface area contributed by atoms with Crippen LogP contribution in [0.2, 0.25) is 0 Å². The lowest BCUT2D eigenvalue weighted by atomic mass is 10.1. The van der Waals surface area contributed by atoms with E-state index >= 15 is 0 Å². The van der Waals surface area contributed by atoms with Crippen LogP contribution in [0.15, 0.2) is 35.4 Å². The highest BCUT2D eigenvalue weighted by Gasteiger charge is 2.22. The molecule has 2 rings (SSSR count). The molecule has 1 heterocycles. The molecule has 1 unspecified atom stereocenters. The normalized spacial score (nSPS) is 20.8. The van der Waals surface area contributed by atoms with Crippen LogP contribution in [0.5, 0.6) is 0 Å². The van der Waals surface area contributed by atoms with Crippen molar-refractivity contribution in [2.75, 3.05) is 26.3 Å². The molecule has 1 aliphatic rings. The standard InChI is InChI=1S/C12H16N4O/c13-15-14-8-12-10-17-7-6-16(12)9-11-4-2-1-3-5-11/h1-5,12H,6-10H2. The maximum atomic E-state index is 8.37. The molecule has 0 spiro atoms. The summed E-state index contributed by atoms with van der Waals surface area (Å²) in [4.78, 5) is 5.13. The number of hydrogen-bond acceptors (Lipinski definition) is 3. The Bertz CT molecular complexity index is 389. The molecule has 1 atom stereocenters. The van der Waals surface area contributed by atoms with Gasteiger partial charge in [-0.3, -0.25) is 4.90 Å². The number of ether oxygens (including phenoxy) is 1. The van der Waals surface area contributed by atoms with E-state index in [2.05, 4.69) is 27.1 Å². The Balaban J connectivity index is 1.98. The average molecular weight is 232 g/mol. The van der Waals surface area contributed by atoms with Gasteiger partial charge in [-0.25, -0.2) is 0 Å². The van der Waals surface area contributed by atoms with Crippen LogP contribution in [-0.4, -0.2) is 37.2 Å². The molecule has 0 amide bonds. The summed E-state index contributed by atoms with van der Waals surface area (Å²) in [5, 5.41) is 3.65. The molecule has 1 fully saturated rings. The second-order valence-corrected chi connectivity index (χ2v) is 4.10. The molecule has 1 saturated heterocycles. The minimum atomic E-state index is 0.194. The molecular weight excluding hydrogens is 216 g/mol. The quantitative estimate of drug-likeness (QED) is 0.454. The fraction of sp³-hybridized carbons (Fsp3) is 0.500. The highest BCUT2D eigenvalue weighted by molar-refractivity contribution is 5.14. The van der Waals surface area contributed by atoms with E-state index in [4.69, 9.17) is 10.3 Å². The van der Waals surface area contributed by atoms with E-state index in [1.807, 2.05) is 18.2 Å². The summed E-state index contributed by atoms with van der Waals surface area (Å²) < 4.78 is 5.42. The van der Waals surface area contributed by atoms with Crippen molar-refractivity contribution in [3.05, 3.63) is 46.3 Å². The van der Waals surface area contributed by atoms with Gasteiger partial charge in [0.15, 0.2) is 0 Å². The van der Waals surface area contributed by atoms with Gasteiger partial charge in [-0.1, -0.05) is 35.4 Å². The van der Waals surface area contributed by atoms with E-state index < -0.39 is 0 Å². The topological polar surface area (TPSA) is 61.2 Å². The van der Waals surface area contributed by atoms with Crippen molar-refractivity contribution in [3.63, 3.8) is 0 Å². The van der Waals surface area contributed by atoms with Gasteiger partial charge in [0.1, 0.15) is 0 Å². The van der Waals surface area contributed by atoms with Crippen molar-refractivity contribution >= 4 is 0 Å². The Kier molecular flexibility index (Phi) is 4.38. The lowest BCUT2D eigenvalue weighted by molar-refractivity contribution is -0.00788. The largest absolute Gasteiger partial charge is 0.378 e.